The lowest BCUT2D eigenvalue weighted by Crippen LogP contribution is -2.37. The summed E-state index contributed by atoms with van der Waals surface area (Å²) < 4.78 is 18.8. The minimum atomic E-state index is -0.245. The van der Waals surface area contributed by atoms with E-state index in [0.29, 0.717) is 19.2 Å². The van der Waals surface area contributed by atoms with Gasteiger partial charge in [-0.05, 0) is 42.3 Å². The largest absolute Gasteiger partial charge is 0.489 e. The number of nitrogens with one attached hydrogen (secondary N) is 2. The van der Waals surface area contributed by atoms with Crippen molar-refractivity contribution in [1.29, 1.82) is 0 Å². The van der Waals surface area contributed by atoms with Crippen LogP contribution in [0, 0.1) is 5.82 Å². The minimum Gasteiger partial charge on any atom is -0.489 e. The second-order valence-corrected chi connectivity index (χ2v) is 5.65. The van der Waals surface area contributed by atoms with Crippen molar-refractivity contribution in [3.05, 3.63) is 65.5 Å². The molecule has 0 aromatic heterocycles. The predicted molar refractivity (Wildman–Crippen MR) is 88.9 cm³/mol. The molecule has 1 atom stereocenters. The van der Waals surface area contributed by atoms with Crippen LogP contribution in [0.1, 0.15) is 18.1 Å². The van der Waals surface area contributed by atoms with Crippen LogP contribution >= 0.6 is 0 Å². The van der Waals surface area contributed by atoms with Crippen molar-refractivity contribution in [2.24, 2.45) is 4.99 Å². The zero-order chi connectivity index (χ0) is 16.1. The van der Waals surface area contributed by atoms with E-state index in [1.165, 1.54) is 12.1 Å². The molecule has 0 aliphatic carbocycles. The second kappa shape index (κ2) is 7.13. The summed E-state index contributed by atoms with van der Waals surface area (Å²) in [5, 5.41) is 6.53. The van der Waals surface area contributed by atoms with Gasteiger partial charge < -0.3 is 15.4 Å². The van der Waals surface area contributed by atoms with Gasteiger partial charge in [0.05, 0.1) is 6.54 Å². The Morgan fingerprint density at radius 1 is 1.22 bits per heavy atom. The molecule has 4 nitrogen and oxygen atoms in total. The molecule has 0 saturated carbocycles. The number of halogens is 1. The lowest BCUT2D eigenvalue weighted by Gasteiger charge is -2.10. The highest BCUT2D eigenvalue weighted by Gasteiger charge is 2.11. The van der Waals surface area contributed by atoms with Gasteiger partial charge in [0, 0.05) is 12.6 Å². The van der Waals surface area contributed by atoms with E-state index in [-0.39, 0.29) is 5.82 Å². The predicted octanol–water partition coefficient (Wildman–Crippen LogP) is 2.84. The van der Waals surface area contributed by atoms with E-state index in [1.54, 1.807) is 6.07 Å². The first-order chi connectivity index (χ1) is 11.2. The van der Waals surface area contributed by atoms with Crippen LogP contribution in [-0.4, -0.2) is 18.5 Å². The fourth-order valence-corrected chi connectivity index (χ4v) is 2.34. The minimum absolute atomic E-state index is 0.245. The van der Waals surface area contributed by atoms with E-state index in [9.17, 15) is 4.39 Å². The van der Waals surface area contributed by atoms with E-state index in [4.69, 9.17) is 4.74 Å². The molecule has 1 aliphatic heterocycles. The van der Waals surface area contributed by atoms with Crippen LogP contribution in [0.25, 0.3) is 0 Å². The highest BCUT2D eigenvalue weighted by Crippen LogP contribution is 2.14. The molecule has 1 aliphatic rings. The molecular weight excluding hydrogens is 293 g/mol. The molecule has 1 unspecified atom stereocenters. The molecule has 2 aromatic carbocycles. The fraction of sp³-hybridized carbons (Fsp3) is 0.278. The first kappa shape index (κ1) is 15.3. The maximum absolute atomic E-state index is 13.1. The van der Waals surface area contributed by atoms with Crippen molar-refractivity contribution in [3.8, 4) is 5.75 Å². The van der Waals surface area contributed by atoms with Gasteiger partial charge in [-0.15, -0.1) is 0 Å². The van der Waals surface area contributed by atoms with Crippen LogP contribution in [0.15, 0.2) is 53.5 Å². The fourth-order valence-electron chi connectivity index (χ4n) is 2.34. The smallest absolute Gasteiger partial charge is 0.191 e. The molecule has 0 amide bonds. The molecule has 5 heteroatoms. The van der Waals surface area contributed by atoms with Crippen LogP contribution in [0.4, 0.5) is 4.39 Å². The Balaban J connectivity index is 1.49. The first-order valence-electron chi connectivity index (χ1n) is 7.70. The topological polar surface area (TPSA) is 45.7 Å². The molecule has 2 aromatic rings. The van der Waals surface area contributed by atoms with Crippen molar-refractivity contribution < 1.29 is 9.13 Å². The average Bonchev–Trinajstić information content (AvgIpc) is 2.98. The number of guanidine groups is 1. The van der Waals surface area contributed by atoms with Crippen LogP contribution in [0.2, 0.25) is 0 Å². The van der Waals surface area contributed by atoms with Crippen molar-refractivity contribution in [2.75, 3.05) is 6.54 Å². The number of benzene rings is 2. The van der Waals surface area contributed by atoms with E-state index in [1.807, 2.05) is 30.3 Å². The molecule has 0 saturated heterocycles. The molecule has 0 radical (unpaired) electrons. The van der Waals surface area contributed by atoms with E-state index >= 15 is 0 Å². The summed E-state index contributed by atoms with van der Waals surface area (Å²) in [4.78, 5) is 4.36. The van der Waals surface area contributed by atoms with Crippen molar-refractivity contribution in [2.45, 2.75) is 26.1 Å². The third-order valence-electron chi connectivity index (χ3n) is 3.58. The van der Waals surface area contributed by atoms with E-state index in [2.05, 4.69) is 22.5 Å². The van der Waals surface area contributed by atoms with Crippen molar-refractivity contribution >= 4 is 5.96 Å². The molecular formula is C18H20FN3O. The third-order valence-corrected chi connectivity index (χ3v) is 3.58. The van der Waals surface area contributed by atoms with Gasteiger partial charge in [0.25, 0.3) is 0 Å². The van der Waals surface area contributed by atoms with Crippen LogP contribution < -0.4 is 15.4 Å². The monoisotopic (exact) mass is 313 g/mol. The van der Waals surface area contributed by atoms with E-state index < -0.39 is 0 Å². The standard InChI is InChI=1S/C18H20FN3O/c1-13-10-20-18(22-13)21-11-14-5-7-17(8-6-14)23-12-15-3-2-4-16(19)9-15/h2-9,13H,10-12H2,1H3,(H2,20,21,22). The molecule has 3 rings (SSSR count). The summed E-state index contributed by atoms with van der Waals surface area (Å²) in [6, 6.07) is 14.7. The summed E-state index contributed by atoms with van der Waals surface area (Å²) in [7, 11) is 0. The van der Waals surface area contributed by atoms with Crippen LogP contribution in [0.5, 0.6) is 5.75 Å². The SMILES string of the molecule is CC1CN=C(NCc2ccc(OCc3cccc(F)c3)cc2)N1. The summed E-state index contributed by atoms with van der Waals surface area (Å²) in [5.41, 5.74) is 1.96. The molecule has 0 bridgehead atoms. The van der Waals surface area contributed by atoms with Gasteiger partial charge in [0.1, 0.15) is 18.2 Å². The average molecular weight is 313 g/mol. The van der Waals surface area contributed by atoms with Gasteiger partial charge in [0.15, 0.2) is 5.96 Å². The van der Waals surface area contributed by atoms with Gasteiger partial charge in [0.2, 0.25) is 0 Å². The molecule has 0 spiro atoms. The number of rotatable bonds is 5. The Hall–Kier alpha value is -2.56. The van der Waals surface area contributed by atoms with Gasteiger partial charge >= 0.3 is 0 Å². The quantitative estimate of drug-likeness (QED) is 0.892. The third kappa shape index (κ3) is 4.45. The number of hydrogen-bond acceptors (Lipinski definition) is 4. The zero-order valence-corrected chi connectivity index (χ0v) is 13.1. The highest BCUT2D eigenvalue weighted by atomic mass is 19.1. The van der Waals surface area contributed by atoms with Crippen LogP contribution in [0.3, 0.4) is 0 Å². The Morgan fingerprint density at radius 2 is 2.04 bits per heavy atom. The summed E-state index contributed by atoms with van der Waals surface area (Å²) in [6.45, 7) is 3.98. The second-order valence-electron chi connectivity index (χ2n) is 5.65. The highest BCUT2D eigenvalue weighted by molar-refractivity contribution is 5.81. The molecule has 2 N–H and O–H groups in total. The zero-order valence-electron chi connectivity index (χ0n) is 13.1. The molecule has 23 heavy (non-hydrogen) atoms. The van der Waals surface area contributed by atoms with Gasteiger partial charge in [-0.25, -0.2) is 4.39 Å². The number of nitrogens with zero attached hydrogens (tertiary/aromatic N) is 1. The van der Waals surface area contributed by atoms with Gasteiger partial charge in [-0.1, -0.05) is 24.3 Å². The summed E-state index contributed by atoms with van der Waals surface area (Å²) >= 11 is 0. The maximum Gasteiger partial charge on any atom is 0.191 e. The first-order valence-corrected chi connectivity index (χ1v) is 7.70. The molecule has 1 heterocycles. The van der Waals surface area contributed by atoms with E-state index in [0.717, 1.165) is 29.4 Å². The Labute approximate surface area is 135 Å². The van der Waals surface area contributed by atoms with Crippen molar-refractivity contribution in [1.82, 2.24) is 10.6 Å². The lowest BCUT2D eigenvalue weighted by molar-refractivity contribution is 0.305. The van der Waals surface area contributed by atoms with Crippen LogP contribution in [-0.2, 0) is 13.2 Å². The number of hydrogen-bond donors (Lipinski definition) is 2. The summed E-state index contributed by atoms with van der Waals surface area (Å²) in [5.74, 6) is 1.37. The van der Waals surface area contributed by atoms with Gasteiger partial charge in [-0.2, -0.15) is 0 Å². The van der Waals surface area contributed by atoms with Crippen molar-refractivity contribution in [3.63, 3.8) is 0 Å². The molecule has 120 valence electrons. The Morgan fingerprint density at radius 3 is 2.74 bits per heavy atom. The number of ether oxygens (including phenoxy) is 1. The molecule has 0 fully saturated rings. The Kier molecular flexibility index (Phi) is 4.76. The normalized spacial score (nSPS) is 16.6. The lowest BCUT2D eigenvalue weighted by atomic mass is 10.2. The Bertz CT molecular complexity index is 685. The van der Waals surface area contributed by atoms with Gasteiger partial charge in [-0.3, -0.25) is 4.99 Å². The maximum atomic E-state index is 13.1. The number of aliphatic imine (C=N–C) groups is 1. The summed E-state index contributed by atoms with van der Waals surface area (Å²) in [6.07, 6.45) is 0.